The van der Waals surface area contributed by atoms with Crippen LogP contribution < -0.4 is 10.6 Å². The Kier molecular flexibility index (Phi) is 7.89. The Labute approximate surface area is 173 Å². The van der Waals surface area contributed by atoms with Crippen molar-refractivity contribution in [1.82, 2.24) is 20.4 Å². The molecule has 0 aromatic heterocycles. The summed E-state index contributed by atoms with van der Waals surface area (Å²) in [6.07, 6.45) is 3.95. The van der Waals surface area contributed by atoms with Crippen LogP contribution in [0.25, 0.3) is 0 Å². The van der Waals surface area contributed by atoms with Crippen molar-refractivity contribution < 1.29 is 14.3 Å². The Morgan fingerprint density at radius 1 is 1.00 bits per heavy atom. The molecule has 1 aromatic rings. The van der Waals surface area contributed by atoms with Crippen LogP contribution in [0.4, 0.5) is 4.79 Å². The highest BCUT2D eigenvalue weighted by atomic mass is 16.5. The van der Waals surface area contributed by atoms with Crippen LogP contribution in [0.3, 0.4) is 0 Å². The van der Waals surface area contributed by atoms with Crippen LogP contribution in [0.5, 0.6) is 0 Å². The molecular formula is C22H34N4O3. The van der Waals surface area contributed by atoms with Crippen LogP contribution >= 0.6 is 0 Å². The summed E-state index contributed by atoms with van der Waals surface area (Å²) >= 11 is 0. The van der Waals surface area contributed by atoms with Gasteiger partial charge in [-0.05, 0) is 57.5 Å². The lowest BCUT2D eigenvalue weighted by molar-refractivity contribution is -0.0586. The molecule has 3 rings (SSSR count). The number of nitrogens with zero attached hydrogens (tertiary/aromatic N) is 2. The summed E-state index contributed by atoms with van der Waals surface area (Å²) in [6, 6.07) is 7.30. The fourth-order valence-corrected chi connectivity index (χ4v) is 4.05. The summed E-state index contributed by atoms with van der Waals surface area (Å²) in [5.41, 5.74) is 1.64. The van der Waals surface area contributed by atoms with Gasteiger partial charge in [0.2, 0.25) is 0 Å². The van der Waals surface area contributed by atoms with E-state index in [1.165, 1.54) is 19.3 Å². The van der Waals surface area contributed by atoms with E-state index in [4.69, 9.17) is 4.74 Å². The van der Waals surface area contributed by atoms with Crippen molar-refractivity contribution >= 4 is 11.9 Å². The van der Waals surface area contributed by atoms with E-state index < -0.39 is 0 Å². The van der Waals surface area contributed by atoms with Gasteiger partial charge in [-0.2, -0.15) is 0 Å². The molecule has 29 heavy (non-hydrogen) atoms. The highest BCUT2D eigenvalue weighted by Crippen LogP contribution is 2.15. The number of benzene rings is 1. The normalized spacial score (nSPS) is 22.9. The predicted octanol–water partition coefficient (Wildman–Crippen LogP) is 2.22. The fraction of sp³-hybridized carbons (Fsp3) is 0.636. The lowest BCUT2D eigenvalue weighted by Gasteiger charge is -2.35. The number of morpholine rings is 1. The Morgan fingerprint density at radius 2 is 1.66 bits per heavy atom. The number of rotatable bonds is 6. The van der Waals surface area contributed by atoms with Crippen LogP contribution in [0, 0.1) is 0 Å². The Hall–Kier alpha value is -2.12. The van der Waals surface area contributed by atoms with E-state index in [1.807, 2.05) is 43.0 Å². The van der Waals surface area contributed by atoms with Gasteiger partial charge in [0, 0.05) is 38.3 Å². The summed E-state index contributed by atoms with van der Waals surface area (Å²) in [5.74, 6) is 0.0296. The quantitative estimate of drug-likeness (QED) is 0.765. The van der Waals surface area contributed by atoms with Crippen molar-refractivity contribution in [3.8, 4) is 0 Å². The molecule has 2 aliphatic heterocycles. The van der Waals surface area contributed by atoms with Gasteiger partial charge in [0.25, 0.3) is 5.91 Å². The zero-order valence-electron chi connectivity index (χ0n) is 17.7. The van der Waals surface area contributed by atoms with Crippen LogP contribution in [0.1, 0.15) is 49.0 Å². The molecule has 1 aromatic carbocycles. The molecule has 2 saturated heterocycles. The maximum atomic E-state index is 12.7. The minimum absolute atomic E-state index is 0.0296. The molecule has 2 aliphatic rings. The standard InChI is InChI=1S/C22H34N4O3/c1-17-15-26(16-18(2)29-17)21(27)20-8-6-19(7-9-20)14-24-22(28)23-10-13-25-11-4-3-5-12-25/h6-9,17-18H,3-5,10-16H2,1-2H3,(H2,23,24,28)/t17-,18-/m1/s1. The number of nitrogens with one attached hydrogen (secondary N) is 2. The van der Waals surface area contributed by atoms with Gasteiger partial charge in [-0.1, -0.05) is 18.6 Å². The number of carbonyl (C=O) groups excluding carboxylic acids is 2. The highest BCUT2D eigenvalue weighted by Gasteiger charge is 2.26. The second kappa shape index (κ2) is 10.6. The molecule has 3 amide bonds. The first kappa shape index (κ1) is 21.6. The van der Waals surface area contributed by atoms with Crippen molar-refractivity contribution in [2.24, 2.45) is 0 Å². The Morgan fingerprint density at radius 3 is 2.31 bits per heavy atom. The summed E-state index contributed by atoms with van der Waals surface area (Å²) < 4.78 is 5.70. The third-order valence-corrected chi connectivity index (χ3v) is 5.52. The van der Waals surface area contributed by atoms with E-state index in [9.17, 15) is 9.59 Å². The molecule has 7 nitrogen and oxygen atoms in total. The first-order chi connectivity index (χ1) is 14.0. The third kappa shape index (κ3) is 6.72. The van der Waals surface area contributed by atoms with E-state index in [0.29, 0.717) is 31.7 Å². The summed E-state index contributed by atoms with van der Waals surface area (Å²) in [4.78, 5) is 28.9. The van der Waals surface area contributed by atoms with E-state index in [0.717, 1.165) is 25.2 Å². The highest BCUT2D eigenvalue weighted by molar-refractivity contribution is 5.94. The molecule has 0 saturated carbocycles. The zero-order chi connectivity index (χ0) is 20.6. The largest absolute Gasteiger partial charge is 0.372 e. The Bertz CT molecular complexity index is 663. The maximum absolute atomic E-state index is 12.7. The van der Waals surface area contributed by atoms with E-state index in [1.54, 1.807) is 0 Å². The van der Waals surface area contributed by atoms with Crippen molar-refractivity contribution in [2.75, 3.05) is 39.3 Å². The number of likely N-dealkylation sites (tertiary alicyclic amines) is 1. The van der Waals surface area contributed by atoms with Crippen LogP contribution in [0.2, 0.25) is 0 Å². The zero-order valence-corrected chi connectivity index (χ0v) is 17.7. The van der Waals surface area contributed by atoms with Crippen molar-refractivity contribution in [1.29, 1.82) is 0 Å². The average molecular weight is 403 g/mol. The number of carbonyl (C=O) groups is 2. The predicted molar refractivity (Wildman–Crippen MR) is 113 cm³/mol. The number of piperidine rings is 1. The third-order valence-electron chi connectivity index (χ3n) is 5.52. The van der Waals surface area contributed by atoms with Gasteiger partial charge >= 0.3 is 6.03 Å². The van der Waals surface area contributed by atoms with Crippen LogP contribution in [0.15, 0.2) is 24.3 Å². The van der Waals surface area contributed by atoms with E-state index in [-0.39, 0.29) is 24.1 Å². The number of hydrogen-bond donors (Lipinski definition) is 2. The molecule has 0 aliphatic carbocycles. The van der Waals surface area contributed by atoms with Gasteiger partial charge in [0.1, 0.15) is 0 Å². The molecule has 0 spiro atoms. The molecule has 160 valence electrons. The van der Waals surface area contributed by atoms with E-state index in [2.05, 4.69) is 15.5 Å². The van der Waals surface area contributed by atoms with Crippen LogP contribution in [-0.4, -0.2) is 73.2 Å². The lowest BCUT2D eigenvalue weighted by Crippen LogP contribution is -2.48. The first-order valence-corrected chi connectivity index (χ1v) is 10.8. The van der Waals surface area contributed by atoms with Gasteiger partial charge in [0.05, 0.1) is 12.2 Å². The molecule has 0 radical (unpaired) electrons. The van der Waals surface area contributed by atoms with E-state index >= 15 is 0 Å². The maximum Gasteiger partial charge on any atom is 0.315 e. The fourth-order valence-electron chi connectivity index (χ4n) is 4.05. The van der Waals surface area contributed by atoms with Gasteiger partial charge in [-0.3, -0.25) is 4.79 Å². The van der Waals surface area contributed by atoms with Gasteiger partial charge in [0.15, 0.2) is 0 Å². The summed E-state index contributed by atoms with van der Waals surface area (Å²) in [7, 11) is 0. The minimum Gasteiger partial charge on any atom is -0.372 e. The van der Waals surface area contributed by atoms with Crippen molar-refractivity contribution in [3.05, 3.63) is 35.4 Å². The molecule has 2 atom stereocenters. The molecule has 7 heteroatoms. The molecule has 0 bridgehead atoms. The SMILES string of the molecule is C[C@@H]1CN(C(=O)c2ccc(CNC(=O)NCCN3CCCCC3)cc2)C[C@@H](C)O1. The molecule has 2 N–H and O–H groups in total. The number of amides is 3. The smallest absolute Gasteiger partial charge is 0.315 e. The van der Waals surface area contributed by atoms with Gasteiger partial charge in [-0.15, -0.1) is 0 Å². The minimum atomic E-state index is -0.154. The number of ether oxygens (including phenoxy) is 1. The average Bonchev–Trinajstić information content (AvgIpc) is 2.72. The summed E-state index contributed by atoms with van der Waals surface area (Å²) in [6.45, 7) is 9.49. The molecule has 0 unspecified atom stereocenters. The molecule has 2 heterocycles. The molecule has 2 fully saturated rings. The second-order valence-corrected chi connectivity index (χ2v) is 8.18. The molecular weight excluding hydrogens is 368 g/mol. The van der Waals surface area contributed by atoms with Crippen LogP contribution in [-0.2, 0) is 11.3 Å². The van der Waals surface area contributed by atoms with Crippen molar-refractivity contribution in [3.63, 3.8) is 0 Å². The van der Waals surface area contributed by atoms with Gasteiger partial charge < -0.3 is 25.2 Å². The topological polar surface area (TPSA) is 73.9 Å². The lowest BCUT2D eigenvalue weighted by atomic mass is 10.1. The second-order valence-electron chi connectivity index (χ2n) is 8.18. The van der Waals surface area contributed by atoms with Crippen molar-refractivity contribution in [2.45, 2.75) is 51.9 Å². The monoisotopic (exact) mass is 402 g/mol. The summed E-state index contributed by atoms with van der Waals surface area (Å²) in [5, 5.41) is 5.80. The number of urea groups is 1. The van der Waals surface area contributed by atoms with Gasteiger partial charge in [-0.25, -0.2) is 4.79 Å². The Balaban J connectivity index is 1.39. The first-order valence-electron chi connectivity index (χ1n) is 10.8. The number of hydrogen-bond acceptors (Lipinski definition) is 4.